The Balaban J connectivity index is 1.90. The molecule has 1 heterocycles. The largest absolute Gasteiger partial charge is 0.475 e. The summed E-state index contributed by atoms with van der Waals surface area (Å²) in [6.45, 7) is 0.221. The number of fused-ring (bicyclic) bond motifs is 1. The molecule has 3 rings (SSSR count). The second-order valence-corrected chi connectivity index (χ2v) is 5.17. The summed E-state index contributed by atoms with van der Waals surface area (Å²) in [5, 5.41) is 0. The van der Waals surface area contributed by atoms with Crippen LogP contribution in [0.1, 0.15) is 19.3 Å². The van der Waals surface area contributed by atoms with Crippen LogP contribution in [-0.4, -0.2) is 31.6 Å². The summed E-state index contributed by atoms with van der Waals surface area (Å²) >= 11 is 0. The number of hydrogen-bond donors (Lipinski definition) is 0. The van der Waals surface area contributed by atoms with E-state index in [0.717, 1.165) is 24.9 Å². The van der Waals surface area contributed by atoms with E-state index < -0.39 is 12.1 Å². The van der Waals surface area contributed by atoms with E-state index in [-0.39, 0.29) is 18.4 Å². The number of ether oxygens (including phenoxy) is 2. The number of carbonyl (C=O) groups is 2. The zero-order chi connectivity index (χ0) is 14.1. The molecule has 106 valence electrons. The molecule has 1 aliphatic heterocycles. The lowest BCUT2D eigenvalue weighted by atomic mass is 9.84. The molecule has 1 aliphatic carbocycles. The number of nitrogens with zero attached hydrogens (tertiary/aromatic N) is 1. The van der Waals surface area contributed by atoms with Crippen LogP contribution >= 0.6 is 0 Å². The number of esters is 1. The molecule has 20 heavy (non-hydrogen) atoms. The minimum atomic E-state index is -0.751. The Bertz CT molecular complexity index is 538. The number of rotatable bonds is 2. The lowest BCUT2D eigenvalue weighted by Gasteiger charge is -2.37. The van der Waals surface area contributed by atoms with Crippen LogP contribution in [0, 0.1) is 5.92 Å². The Hall–Kier alpha value is -2.04. The van der Waals surface area contributed by atoms with Gasteiger partial charge in [-0.05, 0) is 25.0 Å². The third kappa shape index (κ3) is 2.13. The number of para-hydroxylation sites is 2. The van der Waals surface area contributed by atoms with Crippen molar-refractivity contribution in [2.75, 3.05) is 18.6 Å². The van der Waals surface area contributed by atoms with Crippen LogP contribution in [0.3, 0.4) is 0 Å². The van der Waals surface area contributed by atoms with E-state index in [1.807, 2.05) is 18.2 Å². The Kier molecular flexibility index (Phi) is 3.34. The van der Waals surface area contributed by atoms with Gasteiger partial charge in [0.2, 0.25) is 12.0 Å². The van der Waals surface area contributed by atoms with Crippen LogP contribution in [0.2, 0.25) is 0 Å². The molecule has 5 heteroatoms. The molecule has 0 aromatic heterocycles. The number of carbonyl (C=O) groups excluding carboxylic acids is 2. The second kappa shape index (κ2) is 5.15. The van der Waals surface area contributed by atoms with Gasteiger partial charge in [0.15, 0.2) is 0 Å². The molecule has 0 bridgehead atoms. The van der Waals surface area contributed by atoms with E-state index >= 15 is 0 Å². The maximum absolute atomic E-state index is 12.5. The van der Waals surface area contributed by atoms with Gasteiger partial charge in [-0.1, -0.05) is 18.6 Å². The normalized spacial score (nSPS) is 21.4. The highest BCUT2D eigenvalue weighted by Gasteiger charge is 2.38. The van der Waals surface area contributed by atoms with Gasteiger partial charge in [-0.3, -0.25) is 4.79 Å². The van der Waals surface area contributed by atoms with Crippen molar-refractivity contribution in [3.05, 3.63) is 24.3 Å². The summed E-state index contributed by atoms with van der Waals surface area (Å²) in [5.74, 6) is 0.271. The molecule has 1 atom stereocenters. The number of methoxy groups -OCH3 is 1. The van der Waals surface area contributed by atoms with Crippen molar-refractivity contribution in [1.82, 2.24) is 0 Å². The fourth-order valence-electron chi connectivity index (χ4n) is 2.57. The second-order valence-electron chi connectivity index (χ2n) is 5.17. The summed E-state index contributed by atoms with van der Waals surface area (Å²) in [6, 6.07) is 7.30. The lowest BCUT2D eigenvalue weighted by Crippen LogP contribution is -2.50. The van der Waals surface area contributed by atoms with E-state index in [1.54, 1.807) is 11.0 Å². The summed E-state index contributed by atoms with van der Waals surface area (Å²) in [7, 11) is 1.32. The molecular formula is C15H17NO4. The first kappa shape index (κ1) is 13.0. The highest BCUT2D eigenvalue weighted by atomic mass is 16.6. The topological polar surface area (TPSA) is 55.8 Å². The molecular weight excluding hydrogens is 258 g/mol. The Morgan fingerprint density at radius 3 is 2.70 bits per heavy atom. The molecule has 1 fully saturated rings. The van der Waals surface area contributed by atoms with Crippen molar-refractivity contribution in [2.24, 2.45) is 5.92 Å². The third-order valence-electron chi connectivity index (χ3n) is 3.96. The van der Waals surface area contributed by atoms with E-state index in [4.69, 9.17) is 9.47 Å². The maximum Gasteiger partial charge on any atom is 0.348 e. The molecule has 1 aromatic carbocycles. The van der Waals surface area contributed by atoms with Crippen molar-refractivity contribution in [3.63, 3.8) is 0 Å². The highest BCUT2D eigenvalue weighted by molar-refractivity contribution is 5.98. The molecule has 1 amide bonds. The first-order chi connectivity index (χ1) is 9.70. The molecule has 0 spiro atoms. The van der Waals surface area contributed by atoms with Gasteiger partial charge in [0.25, 0.3) is 0 Å². The number of amides is 1. The highest BCUT2D eigenvalue weighted by Crippen LogP contribution is 2.37. The van der Waals surface area contributed by atoms with Gasteiger partial charge >= 0.3 is 5.97 Å². The molecule has 2 aliphatic rings. The van der Waals surface area contributed by atoms with E-state index in [2.05, 4.69) is 0 Å². The zero-order valence-electron chi connectivity index (χ0n) is 11.4. The number of benzene rings is 1. The first-order valence-electron chi connectivity index (χ1n) is 6.85. The molecule has 1 aromatic rings. The Morgan fingerprint density at radius 2 is 2.05 bits per heavy atom. The number of hydrogen-bond acceptors (Lipinski definition) is 4. The molecule has 0 radical (unpaired) electrons. The molecule has 5 nitrogen and oxygen atoms in total. The van der Waals surface area contributed by atoms with Crippen LogP contribution in [-0.2, 0) is 14.3 Å². The van der Waals surface area contributed by atoms with Crippen molar-refractivity contribution in [2.45, 2.75) is 25.4 Å². The van der Waals surface area contributed by atoms with Gasteiger partial charge in [0.05, 0.1) is 19.3 Å². The monoisotopic (exact) mass is 275 g/mol. The standard InChI is InChI=1S/C15H17NO4/c1-19-15(18)13-9-16(14(17)10-5-4-6-10)11-7-2-3-8-12(11)20-13/h2-3,7-8,10,13H,4-6,9H2,1H3. The number of anilines is 1. The molecule has 0 N–H and O–H groups in total. The average Bonchev–Trinajstić information content (AvgIpc) is 2.43. The van der Waals surface area contributed by atoms with Gasteiger partial charge in [-0.15, -0.1) is 0 Å². The summed E-state index contributed by atoms with van der Waals surface area (Å²) < 4.78 is 10.4. The van der Waals surface area contributed by atoms with Crippen molar-refractivity contribution < 1.29 is 19.1 Å². The minimum Gasteiger partial charge on any atom is -0.475 e. The Morgan fingerprint density at radius 1 is 1.30 bits per heavy atom. The van der Waals surface area contributed by atoms with Gasteiger partial charge in [0.1, 0.15) is 5.75 Å². The quantitative estimate of drug-likeness (QED) is 0.772. The third-order valence-corrected chi connectivity index (χ3v) is 3.96. The Labute approximate surface area is 117 Å². The van der Waals surface area contributed by atoms with E-state index in [1.165, 1.54) is 7.11 Å². The summed E-state index contributed by atoms with van der Waals surface area (Å²) in [4.78, 5) is 25.9. The smallest absolute Gasteiger partial charge is 0.348 e. The van der Waals surface area contributed by atoms with Gasteiger partial charge in [-0.2, -0.15) is 0 Å². The fraction of sp³-hybridized carbons (Fsp3) is 0.467. The van der Waals surface area contributed by atoms with Crippen LogP contribution in [0.25, 0.3) is 0 Å². The van der Waals surface area contributed by atoms with Crippen LogP contribution in [0.5, 0.6) is 5.75 Å². The van der Waals surface area contributed by atoms with E-state index in [0.29, 0.717) is 5.75 Å². The van der Waals surface area contributed by atoms with Gasteiger partial charge < -0.3 is 14.4 Å². The predicted octanol–water partition coefficient (Wildman–Crippen LogP) is 1.75. The SMILES string of the molecule is COC(=O)C1CN(C(=O)C2CCC2)c2ccccc2O1. The maximum atomic E-state index is 12.5. The van der Waals surface area contributed by atoms with Crippen molar-refractivity contribution >= 4 is 17.6 Å². The van der Waals surface area contributed by atoms with Crippen LogP contribution in [0.4, 0.5) is 5.69 Å². The van der Waals surface area contributed by atoms with Gasteiger partial charge in [-0.25, -0.2) is 4.79 Å². The fourth-order valence-corrected chi connectivity index (χ4v) is 2.57. The van der Waals surface area contributed by atoms with Crippen LogP contribution < -0.4 is 9.64 Å². The zero-order valence-corrected chi connectivity index (χ0v) is 11.4. The van der Waals surface area contributed by atoms with Crippen LogP contribution in [0.15, 0.2) is 24.3 Å². The molecule has 0 saturated heterocycles. The molecule has 1 saturated carbocycles. The lowest BCUT2D eigenvalue weighted by molar-refractivity contribution is -0.148. The molecule has 1 unspecified atom stereocenters. The van der Waals surface area contributed by atoms with Crippen molar-refractivity contribution in [3.8, 4) is 5.75 Å². The van der Waals surface area contributed by atoms with E-state index in [9.17, 15) is 9.59 Å². The predicted molar refractivity (Wildman–Crippen MR) is 72.6 cm³/mol. The first-order valence-corrected chi connectivity index (χ1v) is 6.85. The van der Waals surface area contributed by atoms with Gasteiger partial charge in [0, 0.05) is 5.92 Å². The summed E-state index contributed by atoms with van der Waals surface area (Å²) in [5.41, 5.74) is 0.740. The van der Waals surface area contributed by atoms with Crippen molar-refractivity contribution in [1.29, 1.82) is 0 Å². The average molecular weight is 275 g/mol. The minimum absolute atomic E-state index is 0.0828. The summed E-state index contributed by atoms with van der Waals surface area (Å²) in [6.07, 6.45) is 2.21.